The number of ether oxygens (including phenoxy) is 1. The summed E-state index contributed by atoms with van der Waals surface area (Å²) in [7, 11) is 0. The molecule has 0 aliphatic carbocycles. The van der Waals surface area contributed by atoms with Crippen LogP contribution in [0.25, 0.3) is 0 Å². The van der Waals surface area contributed by atoms with E-state index in [2.05, 4.69) is 10.5 Å². The Morgan fingerprint density at radius 3 is 2.81 bits per heavy atom. The third kappa shape index (κ3) is 4.05. The van der Waals surface area contributed by atoms with Gasteiger partial charge < -0.3 is 14.6 Å². The number of carbonyl (C=O) groups is 2. The van der Waals surface area contributed by atoms with Gasteiger partial charge in [-0.15, -0.1) is 11.3 Å². The summed E-state index contributed by atoms with van der Waals surface area (Å²) < 4.78 is 10.5. The first-order valence-corrected chi connectivity index (χ1v) is 7.39. The maximum absolute atomic E-state index is 12.0. The Balaban J connectivity index is 1.98. The highest BCUT2D eigenvalue weighted by Crippen LogP contribution is 2.22. The quantitative estimate of drug-likeness (QED) is 0.852. The van der Waals surface area contributed by atoms with Crippen LogP contribution in [0.4, 0.5) is 5.82 Å². The van der Waals surface area contributed by atoms with Crippen LogP contribution in [0.15, 0.2) is 22.7 Å². The van der Waals surface area contributed by atoms with E-state index in [9.17, 15) is 9.59 Å². The molecule has 0 radical (unpaired) electrons. The zero-order valence-corrected chi connectivity index (χ0v) is 13.0. The minimum atomic E-state index is -0.907. The van der Waals surface area contributed by atoms with E-state index in [1.807, 2.05) is 0 Å². The Kier molecular flexibility index (Phi) is 4.98. The largest absolute Gasteiger partial charge is 0.448 e. The van der Waals surface area contributed by atoms with Crippen LogP contribution in [0.3, 0.4) is 0 Å². The van der Waals surface area contributed by atoms with E-state index >= 15 is 0 Å². The molecule has 21 heavy (non-hydrogen) atoms. The molecule has 0 saturated heterocycles. The second kappa shape index (κ2) is 6.73. The van der Waals surface area contributed by atoms with Crippen LogP contribution < -0.4 is 5.32 Å². The average molecular weight is 329 g/mol. The molecule has 1 amide bonds. The number of hydrogen-bond donors (Lipinski definition) is 1. The summed E-state index contributed by atoms with van der Waals surface area (Å²) in [6.45, 7) is 3.45. The molecule has 8 heteroatoms. The zero-order chi connectivity index (χ0) is 15.4. The van der Waals surface area contributed by atoms with E-state index in [0.717, 1.165) is 11.3 Å². The molecule has 112 valence electrons. The lowest BCUT2D eigenvalue weighted by atomic mass is 10.2. The average Bonchev–Trinajstić information content (AvgIpc) is 3.04. The second-order valence-electron chi connectivity index (χ2n) is 4.22. The van der Waals surface area contributed by atoms with Gasteiger partial charge in [-0.3, -0.25) is 4.79 Å². The predicted octanol–water partition coefficient (Wildman–Crippen LogP) is 3.27. The van der Waals surface area contributed by atoms with Gasteiger partial charge in [0, 0.05) is 6.07 Å². The molecule has 2 aromatic heterocycles. The summed E-state index contributed by atoms with van der Waals surface area (Å²) in [5.41, 5.74) is 0. The van der Waals surface area contributed by atoms with Crippen LogP contribution in [0.1, 0.15) is 28.8 Å². The van der Waals surface area contributed by atoms with E-state index in [1.165, 1.54) is 0 Å². The number of aryl methyl sites for hydroxylation is 1. The molecule has 1 unspecified atom stereocenters. The van der Waals surface area contributed by atoms with Crippen molar-refractivity contribution >= 4 is 40.6 Å². The fourth-order valence-corrected chi connectivity index (χ4v) is 2.49. The summed E-state index contributed by atoms with van der Waals surface area (Å²) >= 11 is 6.86. The highest BCUT2D eigenvalue weighted by molar-refractivity contribution is 7.17. The lowest BCUT2D eigenvalue weighted by Gasteiger charge is -2.14. The van der Waals surface area contributed by atoms with Gasteiger partial charge in [0.2, 0.25) is 0 Å². The van der Waals surface area contributed by atoms with Crippen LogP contribution in [-0.2, 0) is 9.53 Å². The van der Waals surface area contributed by atoms with Gasteiger partial charge in [0.15, 0.2) is 11.9 Å². The summed E-state index contributed by atoms with van der Waals surface area (Å²) in [5.74, 6) is -0.179. The molecule has 2 aromatic rings. The number of amides is 1. The number of aromatic nitrogens is 1. The Bertz CT molecular complexity index is 652. The van der Waals surface area contributed by atoms with Crippen molar-refractivity contribution in [2.24, 2.45) is 0 Å². The maximum atomic E-state index is 12.0. The molecule has 0 spiro atoms. The van der Waals surface area contributed by atoms with Crippen molar-refractivity contribution in [1.29, 1.82) is 0 Å². The minimum absolute atomic E-state index is 0.283. The van der Waals surface area contributed by atoms with Crippen molar-refractivity contribution < 1.29 is 18.8 Å². The first kappa shape index (κ1) is 15.5. The van der Waals surface area contributed by atoms with Gasteiger partial charge in [-0.05, 0) is 25.5 Å². The molecule has 0 saturated carbocycles. The number of halogens is 1. The molecule has 0 bridgehead atoms. The molecule has 1 N–H and O–H groups in total. The first-order valence-electron chi connectivity index (χ1n) is 6.20. The van der Waals surface area contributed by atoms with Gasteiger partial charge >= 0.3 is 5.97 Å². The Hall–Kier alpha value is -1.86. The van der Waals surface area contributed by atoms with Gasteiger partial charge in [-0.1, -0.05) is 23.7 Å². The fraction of sp³-hybridized carbons (Fsp3) is 0.308. The van der Waals surface area contributed by atoms with Crippen LogP contribution in [0.2, 0.25) is 4.34 Å². The number of carbonyl (C=O) groups excluding carboxylic acids is 2. The number of hydrogen-bond acceptors (Lipinski definition) is 6. The maximum Gasteiger partial charge on any atom is 0.349 e. The number of nitrogens with one attached hydrogen (secondary N) is 1. The Morgan fingerprint density at radius 2 is 2.29 bits per heavy atom. The van der Waals surface area contributed by atoms with Crippen molar-refractivity contribution in [3.8, 4) is 0 Å². The van der Waals surface area contributed by atoms with Gasteiger partial charge in [-0.25, -0.2) is 4.79 Å². The van der Waals surface area contributed by atoms with Gasteiger partial charge in [0.05, 0.1) is 4.34 Å². The Morgan fingerprint density at radius 1 is 1.52 bits per heavy atom. The van der Waals surface area contributed by atoms with Gasteiger partial charge in [0.25, 0.3) is 5.91 Å². The minimum Gasteiger partial charge on any atom is -0.448 e. The molecule has 0 aromatic carbocycles. The summed E-state index contributed by atoms with van der Waals surface area (Å²) in [4.78, 5) is 24.3. The molecule has 6 nitrogen and oxygen atoms in total. The number of anilines is 1. The van der Waals surface area contributed by atoms with Crippen molar-refractivity contribution in [3.05, 3.63) is 33.2 Å². The van der Waals surface area contributed by atoms with E-state index in [4.69, 9.17) is 20.9 Å². The van der Waals surface area contributed by atoms with Crippen molar-refractivity contribution in [1.82, 2.24) is 5.16 Å². The fourth-order valence-electron chi connectivity index (χ4n) is 1.57. The molecule has 0 aliphatic heterocycles. The molecule has 1 atom stereocenters. The highest BCUT2D eigenvalue weighted by atomic mass is 35.5. The van der Waals surface area contributed by atoms with Gasteiger partial charge in [0.1, 0.15) is 10.6 Å². The highest BCUT2D eigenvalue weighted by Gasteiger charge is 2.23. The van der Waals surface area contributed by atoms with E-state index in [1.54, 1.807) is 32.0 Å². The van der Waals surface area contributed by atoms with E-state index < -0.39 is 18.0 Å². The molecule has 2 rings (SSSR count). The number of rotatable bonds is 5. The third-order valence-electron chi connectivity index (χ3n) is 2.57. The smallest absolute Gasteiger partial charge is 0.349 e. The third-order valence-corrected chi connectivity index (χ3v) is 3.78. The normalized spacial score (nSPS) is 12.0. The first-order chi connectivity index (χ1) is 9.99. The van der Waals surface area contributed by atoms with Crippen LogP contribution in [0.5, 0.6) is 0 Å². The van der Waals surface area contributed by atoms with Crippen LogP contribution in [0, 0.1) is 6.92 Å². The summed E-state index contributed by atoms with van der Waals surface area (Å²) in [6, 6.07) is 4.73. The molecular formula is C13H13ClN2O4S. The molecule has 0 aliphatic rings. The van der Waals surface area contributed by atoms with Gasteiger partial charge in [-0.2, -0.15) is 0 Å². The SMILES string of the molecule is CCC(OC(=O)c1ccc(Cl)s1)C(=O)Nc1cc(C)on1. The lowest BCUT2D eigenvalue weighted by Crippen LogP contribution is -2.32. The monoisotopic (exact) mass is 328 g/mol. The van der Waals surface area contributed by atoms with Crippen LogP contribution >= 0.6 is 22.9 Å². The standard InChI is InChI=1S/C13H13ClN2O4S/c1-3-8(12(17)15-11-6-7(2)20-16-11)19-13(18)9-4-5-10(14)21-9/h4-6,8H,3H2,1-2H3,(H,15,16,17). The zero-order valence-electron chi connectivity index (χ0n) is 11.4. The topological polar surface area (TPSA) is 81.4 Å². The molecular weight excluding hydrogens is 316 g/mol. The van der Waals surface area contributed by atoms with Crippen molar-refractivity contribution in [3.63, 3.8) is 0 Å². The molecule has 0 fully saturated rings. The van der Waals surface area contributed by atoms with E-state index in [0.29, 0.717) is 21.4 Å². The van der Waals surface area contributed by atoms with Crippen molar-refractivity contribution in [2.45, 2.75) is 26.4 Å². The number of nitrogens with zero attached hydrogens (tertiary/aromatic N) is 1. The summed E-state index contributed by atoms with van der Waals surface area (Å²) in [6.07, 6.45) is -0.566. The predicted molar refractivity (Wildman–Crippen MR) is 78.7 cm³/mol. The van der Waals surface area contributed by atoms with E-state index in [-0.39, 0.29) is 5.82 Å². The van der Waals surface area contributed by atoms with Crippen LogP contribution in [-0.4, -0.2) is 23.1 Å². The lowest BCUT2D eigenvalue weighted by molar-refractivity contribution is -0.124. The number of thiophene rings is 1. The number of esters is 1. The Labute approximate surface area is 130 Å². The summed E-state index contributed by atoms with van der Waals surface area (Å²) in [5, 5.41) is 6.18. The molecule has 2 heterocycles. The van der Waals surface area contributed by atoms with Crippen molar-refractivity contribution in [2.75, 3.05) is 5.32 Å². The second-order valence-corrected chi connectivity index (χ2v) is 5.93.